The van der Waals surface area contributed by atoms with Crippen LogP contribution in [0.25, 0.3) is 110 Å². The zero-order chi connectivity index (χ0) is 75.4. The lowest BCUT2D eigenvalue weighted by molar-refractivity contribution is 0.567. The fourth-order valence-corrected chi connectivity index (χ4v) is 15.0. The van der Waals surface area contributed by atoms with E-state index in [2.05, 4.69) is 257 Å². The lowest BCUT2D eigenvalue weighted by atomic mass is 9.78. The van der Waals surface area contributed by atoms with Gasteiger partial charge < -0.3 is 18.3 Å². The van der Waals surface area contributed by atoms with Gasteiger partial charge in [0.2, 0.25) is 0 Å². The van der Waals surface area contributed by atoms with E-state index in [1.54, 1.807) is 0 Å². The standard InChI is InChI=1S/C64H84N2O2.C32H20N2O2/c1-57(2,3)37-25-38(58(4,5)6)28-43(27-37)65-49-35-46-50(36-45(49)55(67)53-47(63(19,20)21)31-41(33-51(53)65)61(13,14)15)66(44-29-39(59(7,8)9)26-40(30-44)60(10,11)12)52-34-42(62(16,17)18)32-48(64(22,23)24)54(52)56(46)68;35-31-23-15-7-9-17-27(23)33(21-11-3-1-4-12-21)29-19-26-30(20-25(29)31)34(22-13-5-2-6-14-22)28-18-10-8-16-24(28)32(26)36/h25-36H,1-24H3;1-20H. The highest BCUT2D eigenvalue weighted by molar-refractivity contribution is 6.08. The van der Waals surface area contributed by atoms with Crippen LogP contribution in [0.3, 0.4) is 0 Å². The van der Waals surface area contributed by atoms with Crippen LogP contribution in [0.2, 0.25) is 0 Å². The van der Waals surface area contributed by atoms with E-state index in [0.29, 0.717) is 43.4 Å². The maximum atomic E-state index is 16.0. The number of rotatable bonds is 4. The number of hydrogen-bond acceptors (Lipinski definition) is 4. The van der Waals surface area contributed by atoms with Crippen LogP contribution in [0.4, 0.5) is 0 Å². The van der Waals surface area contributed by atoms with E-state index in [9.17, 15) is 9.59 Å². The number of hydrogen-bond donors (Lipinski definition) is 0. The smallest absolute Gasteiger partial charge is 0.197 e. The average Bonchev–Trinajstić information content (AvgIpc) is 0.714. The molecule has 14 rings (SSSR count). The quantitative estimate of drug-likeness (QED) is 0.164. The van der Waals surface area contributed by atoms with E-state index in [1.165, 1.54) is 22.3 Å². The fraction of sp³-hybridized carbons (Fsp3) is 0.333. The molecule has 0 aliphatic heterocycles. The van der Waals surface area contributed by atoms with Gasteiger partial charge >= 0.3 is 0 Å². The molecule has 104 heavy (non-hydrogen) atoms. The normalized spacial score (nSPS) is 13.2. The molecule has 0 aliphatic rings. The van der Waals surface area contributed by atoms with E-state index in [1.807, 2.05) is 121 Å². The Morgan fingerprint density at radius 2 is 0.433 bits per heavy atom. The highest BCUT2D eigenvalue weighted by Gasteiger charge is 2.33. The minimum Gasteiger partial charge on any atom is -0.309 e. The van der Waals surface area contributed by atoms with Gasteiger partial charge in [-0.15, -0.1) is 0 Å². The molecule has 14 aromatic rings. The second kappa shape index (κ2) is 24.9. The van der Waals surface area contributed by atoms with Gasteiger partial charge in [-0.3, -0.25) is 19.2 Å². The van der Waals surface area contributed by atoms with Crippen LogP contribution in [-0.2, 0) is 43.3 Å². The lowest BCUT2D eigenvalue weighted by Crippen LogP contribution is -2.24. The Bertz CT molecular complexity index is 5680. The van der Waals surface area contributed by atoms with Crippen molar-refractivity contribution in [2.75, 3.05) is 0 Å². The SMILES string of the molecule is CC(C)(C)c1cc(-n2c3cc4c(=O)c5c(C(C)(C)C)cc(C(C)(C)C)cc5n(-c5cc(C(C)(C)C)cc(C(C)(C)C)c5)c4cc3c(=O)c3c(C(C)(C)C)cc(C(C)(C)C)cc32)cc(C(C)(C)C)c1.O=c1c2ccccc2n(-c2ccccc2)c2cc3c(=O)c4ccccc4n(-c4ccccc4)c3cc12. The third kappa shape index (κ3) is 12.8. The van der Waals surface area contributed by atoms with Gasteiger partial charge in [0, 0.05) is 55.1 Å². The van der Waals surface area contributed by atoms with Crippen molar-refractivity contribution in [2.45, 2.75) is 209 Å². The van der Waals surface area contributed by atoms with Gasteiger partial charge in [0.1, 0.15) is 0 Å². The van der Waals surface area contributed by atoms with Gasteiger partial charge in [-0.05, 0) is 197 Å². The maximum absolute atomic E-state index is 16.0. The largest absolute Gasteiger partial charge is 0.309 e. The Labute approximate surface area is 613 Å². The molecule has 0 N–H and O–H groups in total. The first-order valence-corrected chi connectivity index (χ1v) is 37.1. The highest BCUT2D eigenvalue weighted by atomic mass is 16.1. The van der Waals surface area contributed by atoms with Crippen LogP contribution < -0.4 is 21.7 Å². The third-order valence-corrected chi connectivity index (χ3v) is 21.3. The number of aromatic nitrogens is 4. The maximum Gasteiger partial charge on any atom is 0.197 e. The van der Waals surface area contributed by atoms with Crippen molar-refractivity contribution in [3.8, 4) is 22.7 Å². The van der Waals surface area contributed by atoms with Crippen LogP contribution in [0.1, 0.15) is 211 Å². The second-order valence-electron chi connectivity index (χ2n) is 37.5. The number of para-hydroxylation sites is 4. The van der Waals surface area contributed by atoms with Gasteiger partial charge in [0.25, 0.3) is 0 Å². The van der Waals surface area contributed by atoms with Crippen LogP contribution in [0.5, 0.6) is 0 Å². The van der Waals surface area contributed by atoms with E-state index < -0.39 is 0 Å². The Balaban J connectivity index is 0.000000221. The van der Waals surface area contributed by atoms with Gasteiger partial charge in [-0.1, -0.05) is 251 Å². The number of benzene rings is 10. The molecule has 0 amide bonds. The summed E-state index contributed by atoms with van der Waals surface area (Å²) in [5.41, 5.74) is 17.5. The summed E-state index contributed by atoms with van der Waals surface area (Å²) in [5, 5.41) is 5.06. The predicted octanol–water partition coefficient (Wildman–Crippen LogP) is 23.6. The molecule has 0 bridgehead atoms. The first-order valence-electron chi connectivity index (χ1n) is 37.1. The zero-order valence-corrected chi connectivity index (χ0v) is 65.9. The van der Waals surface area contributed by atoms with Crippen LogP contribution in [-0.4, -0.2) is 18.3 Å². The predicted molar refractivity (Wildman–Crippen MR) is 445 cm³/mol. The Morgan fingerprint density at radius 3 is 0.702 bits per heavy atom. The number of nitrogens with zero attached hydrogens (tertiary/aromatic N) is 4. The molecule has 4 aromatic heterocycles. The lowest BCUT2D eigenvalue weighted by Gasteiger charge is -2.31. The molecule has 8 nitrogen and oxygen atoms in total. The van der Waals surface area contributed by atoms with Gasteiger partial charge in [0.15, 0.2) is 21.7 Å². The van der Waals surface area contributed by atoms with Gasteiger partial charge in [-0.2, -0.15) is 0 Å². The molecule has 0 unspecified atom stereocenters. The van der Waals surface area contributed by atoms with Crippen LogP contribution in [0, 0.1) is 0 Å². The van der Waals surface area contributed by atoms with E-state index in [4.69, 9.17) is 0 Å². The van der Waals surface area contributed by atoms with Crippen molar-refractivity contribution in [1.29, 1.82) is 0 Å². The van der Waals surface area contributed by atoms with Crippen molar-refractivity contribution >= 4 is 87.2 Å². The van der Waals surface area contributed by atoms with Crippen molar-refractivity contribution in [3.05, 3.63) is 280 Å². The molecule has 8 heteroatoms. The minimum atomic E-state index is -0.355. The van der Waals surface area contributed by atoms with Crippen LogP contribution in [0.15, 0.2) is 213 Å². The van der Waals surface area contributed by atoms with Crippen LogP contribution >= 0.6 is 0 Å². The molecule has 0 saturated carbocycles. The summed E-state index contributed by atoms with van der Waals surface area (Å²) in [6.07, 6.45) is 0. The van der Waals surface area contributed by atoms with E-state index in [-0.39, 0.29) is 65.0 Å². The summed E-state index contributed by atoms with van der Waals surface area (Å²) >= 11 is 0. The topological polar surface area (TPSA) is 88.0 Å². The summed E-state index contributed by atoms with van der Waals surface area (Å²) in [7, 11) is 0. The molecular weight excluding hydrogens is 1270 g/mol. The zero-order valence-electron chi connectivity index (χ0n) is 65.9. The second-order valence-corrected chi connectivity index (χ2v) is 37.5. The van der Waals surface area contributed by atoms with E-state index >= 15 is 9.59 Å². The average molecular weight is 1380 g/mol. The Kier molecular flexibility index (Phi) is 17.3. The number of fused-ring (bicyclic) bond motifs is 8. The first-order chi connectivity index (χ1) is 48.3. The van der Waals surface area contributed by atoms with Gasteiger partial charge in [-0.25, -0.2) is 0 Å². The highest BCUT2D eigenvalue weighted by Crippen LogP contribution is 2.44. The fourth-order valence-electron chi connectivity index (χ4n) is 15.0. The molecule has 0 aliphatic carbocycles. The Morgan fingerprint density at radius 1 is 0.192 bits per heavy atom. The first kappa shape index (κ1) is 72.4. The molecule has 0 saturated heterocycles. The molecule has 0 atom stereocenters. The van der Waals surface area contributed by atoms with Crippen molar-refractivity contribution in [1.82, 2.24) is 18.3 Å². The number of pyridine rings is 4. The third-order valence-electron chi connectivity index (χ3n) is 21.3. The minimum absolute atomic E-state index is 0.0155. The Hall–Kier alpha value is -9.92. The molecule has 0 fully saturated rings. The summed E-state index contributed by atoms with van der Waals surface area (Å²) in [5.74, 6) is 0. The summed E-state index contributed by atoms with van der Waals surface area (Å²) in [6, 6.07) is 66.2. The molecule has 10 aromatic carbocycles. The van der Waals surface area contributed by atoms with Crippen molar-refractivity contribution < 1.29 is 0 Å². The van der Waals surface area contributed by atoms with Crippen molar-refractivity contribution in [2.24, 2.45) is 0 Å². The molecule has 0 spiro atoms. The summed E-state index contributed by atoms with van der Waals surface area (Å²) < 4.78 is 8.82. The van der Waals surface area contributed by atoms with Crippen molar-refractivity contribution in [3.63, 3.8) is 0 Å². The summed E-state index contributed by atoms with van der Waals surface area (Å²) in [6.45, 7) is 54.1. The monoisotopic (exact) mass is 1380 g/mol. The summed E-state index contributed by atoms with van der Waals surface area (Å²) in [4.78, 5) is 59.7. The van der Waals surface area contributed by atoms with Gasteiger partial charge in [0.05, 0.1) is 54.9 Å². The molecular formula is C96H104N4O4. The molecule has 0 radical (unpaired) electrons. The molecule has 4 heterocycles. The molecule has 532 valence electrons. The van der Waals surface area contributed by atoms with E-state index in [0.717, 1.165) is 88.9 Å².